The molecule has 26 heavy (non-hydrogen) atoms. The number of aryl methyl sites for hydroxylation is 1. The fraction of sp³-hybridized carbons (Fsp3) is 0.250. The first kappa shape index (κ1) is 20.0. The molecule has 0 amide bonds. The summed E-state index contributed by atoms with van der Waals surface area (Å²) in [4.78, 5) is 9.97. The molecule has 0 bridgehead atoms. The minimum absolute atomic E-state index is 0.0650. The predicted octanol–water partition coefficient (Wildman–Crippen LogP) is 3.05. The zero-order valence-electron chi connectivity index (χ0n) is 14.3. The maximum Gasteiger partial charge on any atom is 0.271 e. The van der Waals surface area contributed by atoms with Crippen molar-refractivity contribution in [2.45, 2.75) is 18.4 Å². The monoisotopic (exact) mass is 400 g/mol. The van der Waals surface area contributed by atoms with E-state index in [4.69, 9.17) is 21.1 Å². The predicted molar refractivity (Wildman–Crippen MR) is 96.4 cm³/mol. The van der Waals surface area contributed by atoms with Gasteiger partial charge in [0.05, 0.1) is 24.2 Å². The summed E-state index contributed by atoms with van der Waals surface area (Å²) in [6, 6.07) is 7.09. The highest BCUT2D eigenvalue weighted by Gasteiger charge is 2.23. The molecular formula is C16H17ClN2O6S. The molecule has 8 nitrogen and oxygen atoms in total. The summed E-state index contributed by atoms with van der Waals surface area (Å²) in [6.07, 6.45) is 0. The van der Waals surface area contributed by atoms with Crippen LogP contribution in [0.3, 0.4) is 0 Å². The molecule has 0 spiro atoms. The number of nitro groups is 1. The lowest BCUT2D eigenvalue weighted by molar-refractivity contribution is -0.385. The molecule has 0 radical (unpaired) electrons. The number of non-ortho nitro benzene ring substituents is 1. The van der Waals surface area contributed by atoms with Crippen LogP contribution in [0.4, 0.5) is 5.69 Å². The number of nitrogens with one attached hydrogen (secondary N) is 1. The largest absolute Gasteiger partial charge is 0.497 e. The molecule has 2 aromatic rings. The Morgan fingerprint density at radius 3 is 2.46 bits per heavy atom. The molecular weight excluding hydrogens is 384 g/mol. The van der Waals surface area contributed by atoms with Crippen molar-refractivity contribution in [2.24, 2.45) is 0 Å². The molecule has 2 aromatic carbocycles. The second kappa shape index (κ2) is 7.90. The van der Waals surface area contributed by atoms with Crippen molar-refractivity contribution in [1.82, 2.24) is 4.72 Å². The van der Waals surface area contributed by atoms with E-state index in [0.717, 1.165) is 6.07 Å². The summed E-state index contributed by atoms with van der Waals surface area (Å²) in [5.41, 5.74) is 0.507. The molecule has 0 aliphatic rings. The molecule has 0 atom stereocenters. The van der Waals surface area contributed by atoms with E-state index in [1.165, 1.54) is 27.2 Å². The van der Waals surface area contributed by atoms with E-state index in [2.05, 4.69) is 4.72 Å². The maximum absolute atomic E-state index is 12.6. The minimum atomic E-state index is -4.08. The van der Waals surface area contributed by atoms with E-state index in [9.17, 15) is 18.5 Å². The Kier molecular flexibility index (Phi) is 6.06. The van der Waals surface area contributed by atoms with Crippen LogP contribution in [0, 0.1) is 17.0 Å². The van der Waals surface area contributed by atoms with Crippen LogP contribution in [0.1, 0.15) is 11.1 Å². The minimum Gasteiger partial charge on any atom is -0.497 e. The van der Waals surface area contributed by atoms with Gasteiger partial charge in [0.25, 0.3) is 5.69 Å². The van der Waals surface area contributed by atoms with Gasteiger partial charge in [0.15, 0.2) is 0 Å². The summed E-state index contributed by atoms with van der Waals surface area (Å²) in [6.45, 7) is 1.41. The van der Waals surface area contributed by atoms with Crippen molar-refractivity contribution in [3.8, 4) is 11.5 Å². The highest BCUT2D eigenvalue weighted by atomic mass is 35.5. The van der Waals surface area contributed by atoms with Crippen molar-refractivity contribution >= 4 is 27.3 Å². The Balaban J connectivity index is 2.34. The molecule has 0 unspecified atom stereocenters. The van der Waals surface area contributed by atoms with Gasteiger partial charge in [0, 0.05) is 30.3 Å². The average Bonchev–Trinajstić information content (AvgIpc) is 2.61. The summed E-state index contributed by atoms with van der Waals surface area (Å²) >= 11 is 6.05. The third-order valence-corrected chi connectivity index (χ3v) is 5.69. The van der Waals surface area contributed by atoms with Crippen LogP contribution in [0.2, 0.25) is 5.02 Å². The Labute approximate surface area is 155 Å². The van der Waals surface area contributed by atoms with E-state index in [1.54, 1.807) is 18.2 Å². The topological polar surface area (TPSA) is 108 Å². The Morgan fingerprint density at radius 1 is 1.19 bits per heavy atom. The fourth-order valence-corrected chi connectivity index (χ4v) is 3.86. The van der Waals surface area contributed by atoms with Crippen molar-refractivity contribution in [3.05, 3.63) is 56.6 Å². The first-order valence-corrected chi connectivity index (χ1v) is 9.21. The lowest BCUT2D eigenvalue weighted by Crippen LogP contribution is -2.24. The Morgan fingerprint density at radius 2 is 1.88 bits per heavy atom. The maximum atomic E-state index is 12.6. The van der Waals surface area contributed by atoms with E-state index < -0.39 is 14.9 Å². The first-order valence-electron chi connectivity index (χ1n) is 7.34. The SMILES string of the molecule is COc1ccc(CNS(=O)(=O)c2cc([N+](=O)[O-])cc(C)c2Cl)c(OC)c1. The molecule has 0 saturated carbocycles. The lowest BCUT2D eigenvalue weighted by atomic mass is 10.2. The zero-order chi connectivity index (χ0) is 19.5. The number of sulfonamides is 1. The van der Waals surface area contributed by atoms with Crippen LogP contribution in [0.15, 0.2) is 35.2 Å². The van der Waals surface area contributed by atoms with E-state index in [-0.39, 0.29) is 22.2 Å². The van der Waals surface area contributed by atoms with Gasteiger partial charge in [0.2, 0.25) is 10.0 Å². The average molecular weight is 401 g/mol. The van der Waals surface area contributed by atoms with Crippen LogP contribution >= 0.6 is 11.6 Å². The molecule has 0 saturated heterocycles. The Hall–Kier alpha value is -2.36. The smallest absolute Gasteiger partial charge is 0.271 e. The van der Waals surface area contributed by atoms with Gasteiger partial charge in [-0.3, -0.25) is 10.1 Å². The van der Waals surface area contributed by atoms with Crippen molar-refractivity contribution in [3.63, 3.8) is 0 Å². The van der Waals surface area contributed by atoms with E-state index >= 15 is 0 Å². The number of halogens is 1. The number of benzene rings is 2. The van der Waals surface area contributed by atoms with Crippen molar-refractivity contribution < 1.29 is 22.8 Å². The van der Waals surface area contributed by atoms with Gasteiger partial charge in [0.1, 0.15) is 16.4 Å². The molecule has 0 aliphatic heterocycles. The third kappa shape index (κ3) is 4.24. The first-order chi connectivity index (χ1) is 12.2. The molecule has 0 heterocycles. The molecule has 10 heteroatoms. The standard InChI is InChI=1S/C16H17ClN2O6S/c1-10-6-12(19(20)21)7-15(16(10)17)26(22,23)18-9-11-4-5-13(24-2)8-14(11)25-3/h4-8,18H,9H2,1-3H3. The van der Waals surface area contributed by atoms with Crippen LogP contribution < -0.4 is 14.2 Å². The van der Waals surface area contributed by atoms with E-state index in [0.29, 0.717) is 22.6 Å². The lowest BCUT2D eigenvalue weighted by Gasteiger charge is -2.13. The van der Waals surface area contributed by atoms with Crippen molar-refractivity contribution in [1.29, 1.82) is 0 Å². The molecule has 0 aromatic heterocycles. The molecule has 2 rings (SSSR count). The summed E-state index contributed by atoms with van der Waals surface area (Å²) in [7, 11) is -1.13. The van der Waals surface area contributed by atoms with Gasteiger partial charge < -0.3 is 9.47 Å². The zero-order valence-corrected chi connectivity index (χ0v) is 15.8. The molecule has 1 N–H and O–H groups in total. The van der Waals surface area contributed by atoms with Gasteiger partial charge in [-0.1, -0.05) is 17.7 Å². The van der Waals surface area contributed by atoms with E-state index in [1.807, 2.05) is 0 Å². The normalized spacial score (nSPS) is 11.2. The van der Waals surface area contributed by atoms with Crippen LogP contribution in [0.5, 0.6) is 11.5 Å². The fourth-order valence-electron chi connectivity index (χ4n) is 2.27. The van der Waals surface area contributed by atoms with Crippen molar-refractivity contribution in [2.75, 3.05) is 14.2 Å². The quantitative estimate of drug-likeness (QED) is 0.565. The number of hydrogen-bond acceptors (Lipinski definition) is 6. The highest BCUT2D eigenvalue weighted by molar-refractivity contribution is 7.89. The van der Waals surface area contributed by atoms with Crippen LogP contribution in [0.25, 0.3) is 0 Å². The second-order valence-corrected chi connectivity index (χ2v) is 7.45. The number of nitro benzene ring substituents is 1. The third-order valence-electron chi connectivity index (χ3n) is 3.65. The number of methoxy groups -OCH3 is 2. The molecule has 0 aliphatic carbocycles. The second-order valence-electron chi connectivity index (χ2n) is 5.33. The van der Waals surface area contributed by atoms with Gasteiger partial charge in [-0.2, -0.15) is 0 Å². The highest BCUT2D eigenvalue weighted by Crippen LogP contribution is 2.30. The van der Waals surface area contributed by atoms with Gasteiger partial charge >= 0.3 is 0 Å². The Bertz CT molecular complexity index is 946. The summed E-state index contributed by atoms with van der Waals surface area (Å²) in [5.74, 6) is 0.999. The number of hydrogen-bond donors (Lipinski definition) is 1. The van der Waals surface area contributed by atoms with Crippen LogP contribution in [-0.4, -0.2) is 27.6 Å². The molecule has 140 valence electrons. The number of ether oxygens (including phenoxy) is 2. The van der Waals surface area contributed by atoms with Crippen LogP contribution in [-0.2, 0) is 16.6 Å². The van der Waals surface area contributed by atoms with Gasteiger partial charge in [-0.05, 0) is 18.6 Å². The molecule has 0 fully saturated rings. The van der Waals surface area contributed by atoms with Gasteiger partial charge in [-0.25, -0.2) is 13.1 Å². The number of nitrogens with zero attached hydrogens (tertiary/aromatic N) is 1. The number of rotatable bonds is 7. The summed E-state index contributed by atoms with van der Waals surface area (Å²) in [5, 5.41) is 10.9. The summed E-state index contributed by atoms with van der Waals surface area (Å²) < 4.78 is 37.9. The van der Waals surface area contributed by atoms with Gasteiger partial charge in [-0.15, -0.1) is 0 Å².